The molecule has 2 aliphatic heterocycles. The van der Waals surface area contributed by atoms with Crippen LogP contribution in [0.3, 0.4) is 0 Å². The Kier molecular flexibility index (Phi) is 4.50. The molecule has 0 bridgehead atoms. The number of hydrogen-bond donors (Lipinski definition) is 1. The molecule has 1 aromatic carbocycles. The van der Waals surface area contributed by atoms with Gasteiger partial charge in [-0.05, 0) is 31.0 Å². The van der Waals surface area contributed by atoms with Crippen LogP contribution in [0.4, 0.5) is 0 Å². The van der Waals surface area contributed by atoms with Crippen molar-refractivity contribution in [2.24, 2.45) is 0 Å². The van der Waals surface area contributed by atoms with E-state index in [-0.39, 0.29) is 18.6 Å². The second-order valence-corrected chi connectivity index (χ2v) is 7.40. The summed E-state index contributed by atoms with van der Waals surface area (Å²) in [6.07, 6.45) is 0.920. The number of carbonyl (C=O) groups excluding carboxylic acids is 2. The van der Waals surface area contributed by atoms with Gasteiger partial charge in [-0.1, -0.05) is 6.07 Å². The molecule has 1 unspecified atom stereocenters. The van der Waals surface area contributed by atoms with Crippen molar-refractivity contribution in [2.75, 3.05) is 6.79 Å². The molecule has 1 saturated heterocycles. The van der Waals surface area contributed by atoms with E-state index in [0.717, 1.165) is 16.3 Å². The zero-order valence-electron chi connectivity index (χ0n) is 14.4. The molecule has 2 aromatic rings. The number of carbonyl (C=O) groups is 2. The Morgan fingerprint density at radius 3 is 3.04 bits per heavy atom. The van der Waals surface area contributed by atoms with E-state index in [9.17, 15) is 9.59 Å². The van der Waals surface area contributed by atoms with Gasteiger partial charge in [-0.3, -0.25) is 9.59 Å². The van der Waals surface area contributed by atoms with E-state index in [0.29, 0.717) is 37.4 Å². The first-order valence-corrected chi connectivity index (χ1v) is 9.35. The minimum Gasteiger partial charge on any atom is -0.454 e. The van der Waals surface area contributed by atoms with Crippen LogP contribution >= 0.6 is 11.3 Å². The first-order valence-electron chi connectivity index (χ1n) is 8.47. The average Bonchev–Trinajstić information content (AvgIpc) is 3.34. The molecule has 0 aliphatic carbocycles. The predicted molar refractivity (Wildman–Crippen MR) is 94.8 cm³/mol. The van der Waals surface area contributed by atoms with Gasteiger partial charge in [0, 0.05) is 18.3 Å². The molecule has 2 amide bonds. The minimum atomic E-state index is -0.451. The molecule has 0 saturated carbocycles. The predicted octanol–water partition coefficient (Wildman–Crippen LogP) is 1.99. The molecule has 1 aromatic heterocycles. The van der Waals surface area contributed by atoms with Gasteiger partial charge in [0.1, 0.15) is 6.04 Å². The van der Waals surface area contributed by atoms with E-state index in [1.807, 2.05) is 30.5 Å². The van der Waals surface area contributed by atoms with Crippen LogP contribution in [0, 0.1) is 6.92 Å². The van der Waals surface area contributed by atoms with E-state index in [1.165, 1.54) is 0 Å². The SMILES string of the molecule is Cc1nc(CNC(=O)C2CCC(=O)N2Cc2ccc3c(c2)OCO3)cs1. The summed E-state index contributed by atoms with van der Waals surface area (Å²) in [4.78, 5) is 30.8. The first kappa shape index (κ1) is 16.8. The van der Waals surface area contributed by atoms with E-state index < -0.39 is 6.04 Å². The number of hydrogen-bond acceptors (Lipinski definition) is 6. The second-order valence-electron chi connectivity index (χ2n) is 6.34. The van der Waals surface area contributed by atoms with Crippen molar-refractivity contribution in [3.05, 3.63) is 39.8 Å². The zero-order valence-corrected chi connectivity index (χ0v) is 15.2. The van der Waals surface area contributed by atoms with Gasteiger partial charge in [-0.25, -0.2) is 4.98 Å². The largest absolute Gasteiger partial charge is 0.454 e. The van der Waals surface area contributed by atoms with E-state index in [2.05, 4.69) is 10.3 Å². The third kappa shape index (κ3) is 3.37. The first-order chi connectivity index (χ1) is 12.6. The summed E-state index contributed by atoms with van der Waals surface area (Å²) < 4.78 is 10.7. The van der Waals surface area contributed by atoms with Crippen LogP contribution in [0.2, 0.25) is 0 Å². The van der Waals surface area contributed by atoms with Gasteiger partial charge >= 0.3 is 0 Å². The standard InChI is InChI=1S/C18H19N3O4S/c1-11-20-13(9-26-11)7-19-18(23)14-3-5-17(22)21(14)8-12-2-4-15-16(6-12)25-10-24-15/h2,4,6,9,14H,3,5,7-8,10H2,1H3,(H,19,23). The monoisotopic (exact) mass is 373 g/mol. The second kappa shape index (κ2) is 6.95. The number of likely N-dealkylation sites (tertiary alicyclic amines) is 1. The van der Waals surface area contributed by atoms with Crippen LogP contribution in [0.15, 0.2) is 23.6 Å². The number of ether oxygens (including phenoxy) is 2. The van der Waals surface area contributed by atoms with Gasteiger partial charge in [-0.2, -0.15) is 0 Å². The third-order valence-corrected chi connectivity index (χ3v) is 5.35. The van der Waals surface area contributed by atoms with Gasteiger partial charge < -0.3 is 19.7 Å². The van der Waals surface area contributed by atoms with Crippen molar-refractivity contribution in [2.45, 2.75) is 38.9 Å². The number of rotatable bonds is 5. The van der Waals surface area contributed by atoms with Crippen LogP contribution in [0.25, 0.3) is 0 Å². The number of benzene rings is 1. The Morgan fingerprint density at radius 2 is 2.23 bits per heavy atom. The van der Waals surface area contributed by atoms with Gasteiger partial charge in [-0.15, -0.1) is 11.3 Å². The highest BCUT2D eigenvalue weighted by atomic mass is 32.1. The Hall–Kier alpha value is -2.61. The smallest absolute Gasteiger partial charge is 0.243 e. The van der Waals surface area contributed by atoms with Crippen molar-refractivity contribution in [3.63, 3.8) is 0 Å². The molecule has 2 aliphatic rings. The molecular formula is C18H19N3O4S. The highest BCUT2D eigenvalue weighted by Crippen LogP contribution is 2.33. The fraction of sp³-hybridized carbons (Fsp3) is 0.389. The lowest BCUT2D eigenvalue weighted by Crippen LogP contribution is -2.44. The molecule has 4 rings (SSSR count). The summed E-state index contributed by atoms with van der Waals surface area (Å²) >= 11 is 1.55. The summed E-state index contributed by atoms with van der Waals surface area (Å²) in [6, 6.07) is 5.14. The molecular weight excluding hydrogens is 354 g/mol. The third-order valence-electron chi connectivity index (χ3n) is 4.53. The maximum Gasteiger partial charge on any atom is 0.243 e. The quantitative estimate of drug-likeness (QED) is 0.867. The summed E-state index contributed by atoms with van der Waals surface area (Å²) in [5, 5.41) is 5.80. The summed E-state index contributed by atoms with van der Waals surface area (Å²) in [5.41, 5.74) is 1.75. The molecule has 1 atom stereocenters. The van der Waals surface area contributed by atoms with Crippen LogP contribution in [-0.2, 0) is 22.7 Å². The molecule has 8 heteroatoms. The number of fused-ring (bicyclic) bond motifs is 1. The van der Waals surface area contributed by atoms with E-state index in [1.54, 1.807) is 16.2 Å². The molecule has 0 radical (unpaired) electrons. The molecule has 7 nitrogen and oxygen atoms in total. The van der Waals surface area contributed by atoms with Gasteiger partial charge in [0.05, 0.1) is 17.2 Å². The fourth-order valence-electron chi connectivity index (χ4n) is 3.23. The molecule has 26 heavy (non-hydrogen) atoms. The van der Waals surface area contributed by atoms with Crippen LogP contribution in [0.5, 0.6) is 11.5 Å². The van der Waals surface area contributed by atoms with Gasteiger partial charge in [0.25, 0.3) is 0 Å². The Labute approximate surface area is 154 Å². The maximum atomic E-state index is 12.6. The van der Waals surface area contributed by atoms with Crippen LogP contribution in [0.1, 0.15) is 29.1 Å². The Balaban J connectivity index is 1.42. The highest BCUT2D eigenvalue weighted by molar-refractivity contribution is 7.09. The fourth-order valence-corrected chi connectivity index (χ4v) is 3.84. The van der Waals surface area contributed by atoms with Crippen molar-refractivity contribution < 1.29 is 19.1 Å². The molecule has 1 N–H and O–H groups in total. The van der Waals surface area contributed by atoms with Crippen molar-refractivity contribution in [1.29, 1.82) is 0 Å². The Morgan fingerprint density at radius 1 is 1.38 bits per heavy atom. The van der Waals surface area contributed by atoms with Crippen molar-refractivity contribution >= 4 is 23.2 Å². The van der Waals surface area contributed by atoms with E-state index >= 15 is 0 Å². The van der Waals surface area contributed by atoms with Crippen molar-refractivity contribution in [1.82, 2.24) is 15.2 Å². The lowest BCUT2D eigenvalue weighted by Gasteiger charge is -2.24. The number of aromatic nitrogens is 1. The topological polar surface area (TPSA) is 80.8 Å². The minimum absolute atomic E-state index is 0.00711. The number of amides is 2. The average molecular weight is 373 g/mol. The summed E-state index contributed by atoms with van der Waals surface area (Å²) in [6.45, 7) is 2.90. The number of thiazole rings is 1. The highest BCUT2D eigenvalue weighted by Gasteiger charge is 2.36. The van der Waals surface area contributed by atoms with Gasteiger partial charge in [0.15, 0.2) is 11.5 Å². The maximum absolute atomic E-state index is 12.6. The zero-order chi connectivity index (χ0) is 18.1. The van der Waals surface area contributed by atoms with Crippen LogP contribution in [-0.4, -0.2) is 34.5 Å². The molecule has 136 valence electrons. The van der Waals surface area contributed by atoms with Crippen molar-refractivity contribution in [3.8, 4) is 11.5 Å². The normalized spacial score (nSPS) is 18.4. The lowest BCUT2D eigenvalue weighted by molar-refractivity contribution is -0.135. The van der Waals surface area contributed by atoms with E-state index in [4.69, 9.17) is 9.47 Å². The molecule has 1 fully saturated rings. The molecule has 3 heterocycles. The number of nitrogens with zero attached hydrogens (tertiary/aromatic N) is 2. The number of aryl methyl sites for hydroxylation is 1. The van der Waals surface area contributed by atoms with Gasteiger partial charge in [0.2, 0.25) is 18.6 Å². The summed E-state index contributed by atoms with van der Waals surface area (Å²) in [5.74, 6) is 1.23. The molecule has 0 spiro atoms. The Bertz CT molecular complexity index is 851. The van der Waals surface area contributed by atoms with Crippen LogP contribution < -0.4 is 14.8 Å². The number of nitrogens with one attached hydrogen (secondary N) is 1. The summed E-state index contributed by atoms with van der Waals surface area (Å²) in [7, 11) is 0. The lowest BCUT2D eigenvalue weighted by atomic mass is 10.1.